The molecule has 0 radical (unpaired) electrons. The summed E-state index contributed by atoms with van der Waals surface area (Å²) < 4.78 is 5.98. The minimum atomic E-state index is -0.492. The van der Waals surface area contributed by atoms with Gasteiger partial charge in [0.1, 0.15) is 17.2 Å². The molecule has 1 unspecified atom stereocenters. The van der Waals surface area contributed by atoms with Gasteiger partial charge in [-0.3, -0.25) is 14.5 Å². The van der Waals surface area contributed by atoms with Gasteiger partial charge in [0.15, 0.2) is 4.88 Å². The minimum Gasteiger partial charge on any atom is -0.473 e. The van der Waals surface area contributed by atoms with Crippen LogP contribution in [0.15, 0.2) is 0 Å². The Bertz CT molecular complexity index is 844. The zero-order valence-corrected chi connectivity index (χ0v) is 18.5. The predicted molar refractivity (Wildman–Crippen MR) is 112 cm³/mol. The van der Waals surface area contributed by atoms with E-state index >= 15 is 0 Å². The molecule has 2 saturated carbocycles. The van der Waals surface area contributed by atoms with Gasteiger partial charge in [0, 0.05) is 12.0 Å². The van der Waals surface area contributed by atoms with E-state index in [1.807, 2.05) is 20.8 Å². The average Bonchev–Trinajstić information content (AvgIpc) is 3.32. The van der Waals surface area contributed by atoms with Crippen LogP contribution in [0.1, 0.15) is 79.9 Å². The molecule has 1 aliphatic heterocycles. The first-order valence-corrected chi connectivity index (χ1v) is 11.6. The monoisotopic (exact) mass is 434 g/mol. The second kappa shape index (κ2) is 8.17. The van der Waals surface area contributed by atoms with Crippen LogP contribution in [-0.4, -0.2) is 45.9 Å². The molecule has 30 heavy (non-hydrogen) atoms. The number of carbonyl (C=O) groups is 3. The van der Waals surface area contributed by atoms with E-state index in [9.17, 15) is 14.4 Å². The fraction of sp³-hybridized carbons (Fsp3) is 0.714. The maximum Gasteiger partial charge on any atom is 0.325 e. The number of carbonyl (C=O) groups excluding carboxylic acids is 3. The SMILES string of the molecule is CC(C)CC1NC(=O)N([C@@H](C)CC2CC(Oc3nc(C4CC4)sc3C(N)=O)C2)C1=O. The standard InChI is InChI=1S/C21H30N4O4S/c1-10(2)6-15-20(27)25(21(28)23-15)11(3)7-12-8-14(9-12)29-18-16(17(22)26)30-19(24-18)13-4-5-13/h10-15H,4-9H2,1-3H3,(H2,22,26)(H,23,28)/t11-,12?,14?,15?/m0/s1. The Labute approximate surface area is 180 Å². The summed E-state index contributed by atoms with van der Waals surface area (Å²) in [6.45, 7) is 6.01. The lowest BCUT2D eigenvalue weighted by Gasteiger charge is -2.37. The third-order valence-electron chi connectivity index (χ3n) is 6.11. The summed E-state index contributed by atoms with van der Waals surface area (Å²) in [5.74, 6) is 0.923. The van der Waals surface area contributed by atoms with Crippen LogP contribution in [0.5, 0.6) is 5.88 Å². The Hall–Kier alpha value is -2.16. The van der Waals surface area contributed by atoms with Gasteiger partial charge in [0.25, 0.3) is 11.8 Å². The van der Waals surface area contributed by atoms with E-state index in [2.05, 4.69) is 10.3 Å². The first kappa shape index (κ1) is 21.1. The molecule has 0 bridgehead atoms. The molecule has 4 rings (SSSR count). The van der Waals surface area contributed by atoms with E-state index in [1.54, 1.807) is 0 Å². The Morgan fingerprint density at radius 1 is 1.27 bits per heavy atom. The van der Waals surface area contributed by atoms with Crippen molar-refractivity contribution in [1.29, 1.82) is 0 Å². The molecular formula is C21H30N4O4S. The lowest BCUT2D eigenvalue weighted by Crippen LogP contribution is -2.43. The number of hydrogen-bond donors (Lipinski definition) is 2. The van der Waals surface area contributed by atoms with Gasteiger partial charge in [0.05, 0.1) is 0 Å². The predicted octanol–water partition coefficient (Wildman–Crippen LogP) is 3.02. The molecule has 8 nitrogen and oxygen atoms in total. The summed E-state index contributed by atoms with van der Waals surface area (Å²) in [6, 6.07) is -0.844. The quantitative estimate of drug-likeness (QED) is 0.580. The highest BCUT2D eigenvalue weighted by atomic mass is 32.1. The summed E-state index contributed by atoms with van der Waals surface area (Å²) in [4.78, 5) is 42.9. The van der Waals surface area contributed by atoms with Crippen LogP contribution in [0.4, 0.5) is 4.79 Å². The summed E-state index contributed by atoms with van der Waals surface area (Å²) in [5, 5.41) is 3.75. The van der Waals surface area contributed by atoms with Crippen molar-refractivity contribution in [2.75, 3.05) is 0 Å². The summed E-state index contributed by atoms with van der Waals surface area (Å²) in [6.07, 6.45) is 5.25. The van der Waals surface area contributed by atoms with Gasteiger partial charge in [-0.1, -0.05) is 13.8 Å². The summed E-state index contributed by atoms with van der Waals surface area (Å²) in [7, 11) is 0. The van der Waals surface area contributed by atoms with Crippen LogP contribution in [0.2, 0.25) is 0 Å². The lowest BCUT2D eigenvalue weighted by atomic mass is 9.78. The second-order valence-corrected chi connectivity index (χ2v) is 10.4. The Morgan fingerprint density at radius 3 is 2.57 bits per heavy atom. The number of rotatable bonds is 9. The van der Waals surface area contributed by atoms with Crippen molar-refractivity contribution in [1.82, 2.24) is 15.2 Å². The molecule has 4 amide bonds. The normalized spacial score (nSPS) is 27.2. The number of nitrogens with zero attached hydrogens (tertiary/aromatic N) is 2. The lowest BCUT2D eigenvalue weighted by molar-refractivity contribution is -0.129. The molecule has 3 fully saturated rings. The van der Waals surface area contributed by atoms with E-state index in [0.717, 1.165) is 37.1 Å². The first-order chi connectivity index (χ1) is 14.2. The highest BCUT2D eigenvalue weighted by molar-refractivity contribution is 7.14. The Morgan fingerprint density at radius 2 is 1.97 bits per heavy atom. The topological polar surface area (TPSA) is 115 Å². The number of nitrogens with one attached hydrogen (secondary N) is 1. The highest BCUT2D eigenvalue weighted by Crippen LogP contribution is 2.45. The van der Waals surface area contributed by atoms with Gasteiger partial charge in [0.2, 0.25) is 5.88 Å². The zero-order chi connectivity index (χ0) is 21.6. The fourth-order valence-electron chi connectivity index (χ4n) is 4.37. The molecule has 2 atom stereocenters. The van der Waals surface area contributed by atoms with Gasteiger partial charge >= 0.3 is 6.03 Å². The van der Waals surface area contributed by atoms with Gasteiger partial charge in [-0.15, -0.1) is 11.3 Å². The number of amides is 4. The molecule has 1 aromatic heterocycles. The largest absolute Gasteiger partial charge is 0.473 e. The number of nitrogens with two attached hydrogens (primary N) is 1. The number of ether oxygens (including phenoxy) is 1. The zero-order valence-electron chi connectivity index (χ0n) is 17.7. The number of thiazole rings is 1. The van der Waals surface area contributed by atoms with Crippen LogP contribution in [0.3, 0.4) is 0 Å². The van der Waals surface area contributed by atoms with E-state index < -0.39 is 11.9 Å². The van der Waals surface area contributed by atoms with Crippen molar-refractivity contribution >= 4 is 29.2 Å². The van der Waals surface area contributed by atoms with Crippen LogP contribution in [0, 0.1) is 11.8 Å². The maximum atomic E-state index is 12.6. The van der Waals surface area contributed by atoms with Crippen molar-refractivity contribution in [3.63, 3.8) is 0 Å². The van der Waals surface area contributed by atoms with Gasteiger partial charge in [-0.05, 0) is 57.3 Å². The smallest absolute Gasteiger partial charge is 0.325 e. The average molecular weight is 435 g/mol. The van der Waals surface area contributed by atoms with Gasteiger partial charge < -0.3 is 15.8 Å². The molecule has 164 valence electrons. The Kier molecular flexibility index (Phi) is 5.74. The van der Waals surface area contributed by atoms with Crippen molar-refractivity contribution in [2.24, 2.45) is 17.6 Å². The van der Waals surface area contributed by atoms with E-state index in [1.165, 1.54) is 16.2 Å². The van der Waals surface area contributed by atoms with E-state index in [-0.39, 0.29) is 24.1 Å². The molecule has 1 aromatic rings. The minimum absolute atomic E-state index is 0.00810. The summed E-state index contributed by atoms with van der Waals surface area (Å²) >= 11 is 1.35. The first-order valence-electron chi connectivity index (χ1n) is 10.8. The third-order valence-corrected chi connectivity index (χ3v) is 7.32. The fourth-order valence-corrected chi connectivity index (χ4v) is 5.39. The van der Waals surface area contributed by atoms with Gasteiger partial charge in [-0.2, -0.15) is 0 Å². The van der Waals surface area contributed by atoms with Crippen LogP contribution in [-0.2, 0) is 4.79 Å². The van der Waals surface area contributed by atoms with Crippen molar-refractivity contribution in [2.45, 2.75) is 83.4 Å². The molecule has 3 aliphatic rings. The van der Waals surface area contributed by atoms with Crippen LogP contribution < -0.4 is 15.8 Å². The van der Waals surface area contributed by atoms with E-state index in [4.69, 9.17) is 10.5 Å². The number of imide groups is 1. The second-order valence-electron chi connectivity index (χ2n) is 9.33. The third kappa shape index (κ3) is 4.31. The number of hydrogen-bond acceptors (Lipinski definition) is 6. The van der Waals surface area contributed by atoms with E-state index in [0.29, 0.717) is 34.9 Å². The van der Waals surface area contributed by atoms with Crippen molar-refractivity contribution < 1.29 is 19.1 Å². The molecular weight excluding hydrogens is 404 g/mol. The van der Waals surface area contributed by atoms with Crippen molar-refractivity contribution in [3.8, 4) is 5.88 Å². The molecule has 9 heteroatoms. The highest BCUT2D eigenvalue weighted by Gasteiger charge is 2.43. The Balaban J connectivity index is 1.29. The molecule has 1 saturated heterocycles. The van der Waals surface area contributed by atoms with Crippen LogP contribution in [0.25, 0.3) is 0 Å². The van der Waals surface area contributed by atoms with Crippen molar-refractivity contribution in [3.05, 3.63) is 9.88 Å². The molecule has 3 N–H and O–H groups in total. The summed E-state index contributed by atoms with van der Waals surface area (Å²) in [5.41, 5.74) is 5.49. The number of aromatic nitrogens is 1. The maximum absolute atomic E-state index is 12.6. The van der Waals surface area contributed by atoms with Gasteiger partial charge in [-0.25, -0.2) is 9.78 Å². The molecule has 0 spiro atoms. The molecule has 2 heterocycles. The van der Waals surface area contributed by atoms with Crippen LogP contribution >= 0.6 is 11.3 Å². The number of primary amides is 1. The molecule has 0 aromatic carbocycles. The molecule has 2 aliphatic carbocycles. The number of urea groups is 1.